The van der Waals surface area contributed by atoms with Gasteiger partial charge in [-0.3, -0.25) is 47.0 Å². The zero-order chi connectivity index (χ0) is 51.8. The zero-order valence-corrected chi connectivity index (χ0v) is 49.2. The van der Waals surface area contributed by atoms with E-state index in [1.807, 2.05) is 88.0 Å². The first-order valence-corrected chi connectivity index (χ1v) is 34.6. The molecule has 0 aromatic carbocycles. The Bertz CT molecular complexity index is 1660. The fourth-order valence-corrected chi connectivity index (χ4v) is 20.3. The predicted molar refractivity (Wildman–Crippen MR) is 266 cm³/mol. The van der Waals surface area contributed by atoms with Gasteiger partial charge in [-0.15, -0.1) is 0 Å². The molecule has 0 radical (unpaired) electrons. The highest BCUT2D eigenvalue weighted by molar-refractivity contribution is 7.56. The lowest BCUT2D eigenvalue weighted by molar-refractivity contribution is 0.0288. The molecule has 28 heteroatoms. The Morgan fingerprint density at radius 3 is 0.486 bits per heavy atom. The van der Waals surface area contributed by atoms with Gasteiger partial charge in [0.05, 0.1) is 79.3 Å². The highest BCUT2D eigenvalue weighted by Crippen LogP contribution is 2.61. The first-order valence-electron chi connectivity index (χ1n) is 24.2. The summed E-state index contributed by atoms with van der Waals surface area (Å²) in [7, 11) is -22.3. The molecule has 0 unspecified atom stereocenters. The van der Waals surface area contributed by atoms with E-state index < -0.39 is 45.6 Å². The van der Waals surface area contributed by atoms with Gasteiger partial charge < -0.3 is 54.3 Å². The first kappa shape index (κ1) is 60.0. The molecule has 0 amide bonds. The highest BCUT2D eigenvalue weighted by atomic mass is 31.2. The Morgan fingerprint density at radius 2 is 0.357 bits per heavy atom. The summed E-state index contributed by atoms with van der Waals surface area (Å²) in [5, 5.41) is 0. The topological polar surface area (TPSA) is 226 Å². The molecule has 0 saturated carbocycles. The third kappa shape index (κ3) is 18.7. The van der Waals surface area contributed by atoms with E-state index in [1.54, 1.807) is 14.7 Å². The summed E-state index contributed by atoms with van der Waals surface area (Å²) < 4.78 is 156. The summed E-state index contributed by atoms with van der Waals surface area (Å²) in [6.45, 7) is 26.9. The summed E-state index contributed by atoms with van der Waals surface area (Å²) in [5.74, 6) is 0. The Morgan fingerprint density at radius 1 is 0.243 bits per heavy atom. The van der Waals surface area contributed by atoms with E-state index in [-0.39, 0.29) is 189 Å². The van der Waals surface area contributed by atoms with Crippen LogP contribution in [0.25, 0.3) is 0 Å². The molecule has 6 saturated heterocycles. The smallest absolute Gasteiger partial charge is 0.307 e. The van der Waals surface area contributed by atoms with Crippen LogP contribution in [0.3, 0.4) is 0 Å². The quantitative estimate of drug-likeness (QED) is 0.0975. The molecule has 0 aromatic rings. The number of rotatable bonds is 21. The van der Waals surface area contributed by atoms with Crippen molar-refractivity contribution < 1.29 is 81.7 Å². The van der Waals surface area contributed by atoms with Gasteiger partial charge in [-0.25, -0.2) is 0 Å². The lowest BCUT2D eigenvalue weighted by Gasteiger charge is -2.40. The molecular formula is C42H84N4O18P6. The van der Waals surface area contributed by atoms with Crippen molar-refractivity contribution in [3.8, 4) is 0 Å². The number of hydrogen-bond donors (Lipinski definition) is 0. The molecule has 410 valence electrons. The molecule has 0 aliphatic carbocycles. The predicted octanol–water partition coefficient (Wildman–Crippen LogP) is 9.54. The molecule has 6 rings (SSSR count). The van der Waals surface area contributed by atoms with Crippen LogP contribution in [0.1, 0.15) is 83.1 Å². The molecule has 70 heavy (non-hydrogen) atoms. The van der Waals surface area contributed by atoms with Crippen molar-refractivity contribution in [3.05, 3.63) is 0 Å². The van der Waals surface area contributed by atoms with E-state index in [0.717, 1.165) is 0 Å². The van der Waals surface area contributed by atoms with Gasteiger partial charge in [-0.05, 0) is 0 Å². The normalized spacial score (nSPS) is 29.0. The van der Waals surface area contributed by atoms with Crippen molar-refractivity contribution in [3.63, 3.8) is 0 Å². The third-order valence-corrected chi connectivity index (χ3v) is 23.0. The van der Waals surface area contributed by atoms with E-state index in [0.29, 0.717) is 0 Å². The third-order valence-electron chi connectivity index (χ3n) is 12.3. The first-order chi connectivity index (χ1) is 32.0. The molecule has 0 spiro atoms. The van der Waals surface area contributed by atoms with Crippen molar-refractivity contribution in [2.75, 3.05) is 156 Å². The van der Waals surface area contributed by atoms with E-state index in [1.165, 1.54) is 0 Å². The Hall–Kier alpha value is 0.740. The lowest BCUT2D eigenvalue weighted by Crippen LogP contribution is -2.45. The van der Waals surface area contributed by atoms with Crippen LogP contribution in [0.5, 0.6) is 0 Å². The van der Waals surface area contributed by atoms with Crippen molar-refractivity contribution in [1.82, 2.24) is 19.6 Å². The van der Waals surface area contributed by atoms with Gasteiger partial charge in [0.15, 0.2) is 0 Å². The summed E-state index contributed by atoms with van der Waals surface area (Å²) in [6.07, 6.45) is -1.25. The van der Waals surface area contributed by atoms with Gasteiger partial charge in [0, 0.05) is 71.8 Å². The van der Waals surface area contributed by atoms with Crippen LogP contribution in [0.2, 0.25) is 0 Å². The van der Waals surface area contributed by atoms with Crippen LogP contribution in [-0.4, -0.2) is 176 Å². The molecule has 6 heterocycles. The van der Waals surface area contributed by atoms with Crippen molar-refractivity contribution in [2.24, 2.45) is 32.5 Å². The van der Waals surface area contributed by atoms with Gasteiger partial charge in [-0.1, -0.05) is 83.1 Å². The Balaban J connectivity index is 1.28. The van der Waals surface area contributed by atoms with E-state index in [4.69, 9.17) is 54.3 Å². The van der Waals surface area contributed by atoms with Crippen LogP contribution in [0.15, 0.2) is 0 Å². The Labute approximate surface area is 417 Å². The van der Waals surface area contributed by atoms with Crippen molar-refractivity contribution >= 4 is 45.6 Å². The van der Waals surface area contributed by atoms with Crippen LogP contribution in [0, 0.1) is 32.5 Å². The minimum atomic E-state index is -3.72. The molecular weight excluding hydrogens is 1030 g/mol. The minimum absolute atomic E-state index is 0.152. The number of nitrogens with zero attached hydrogens (tertiary/aromatic N) is 4. The molecule has 6 aliphatic rings. The van der Waals surface area contributed by atoms with Crippen LogP contribution in [0.4, 0.5) is 0 Å². The molecule has 0 atom stereocenters. The maximum Gasteiger partial charge on any atom is 0.344 e. The fourth-order valence-electron chi connectivity index (χ4n) is 7.45. The van der Waals surface area contributed by atoms with E-state index in [2.05, 4.69) is 0 Å². The van der Waals surface area contributed by atoms with E-state index in [9.17, 15) is 27.4 Å². The van der Waals surface area contributed by atoms with Crippen LogP contribution in [-0.2, 0) is 81.7 Å². The fraction of sp³-hybridized carbons (Fsp3) is 1.00. The molecule has 22 nitrogen and oxygen atoms in total. The summed E-state index contributed by atoms with van der Waals surface area (Å²) in [4.78, 5) is 7.16. The molecule has 0 N–H and O–H groups in total. The second-order valence-corrected chi connectivity index (χ2v) is 36.9. The zero-order valence-electron chi connectivity index (χ0n) is 43.8. The van der Waals surface area contributed by atoms with Crippen molar-refractivity contribution in [2.45, 2.75) is 83.1 Å². The van der Waals surface area contributed by atoms with Gasteiger partial charge in [0.2, 0.25) is 0 Å². The maximum absolute atomic E-state index is 14.2. The second-order valence-electron chi connectivity index (χ2n) is 24.8. The molecule has 0 bridgehead atoms. The lowest BCUT2D eigenvalue weighted by atomic mass is 9.97. The molecule has 6 fully saturated rings. The van der Waals surface area contributed by atoms with E-state index >= 15 is 0 Å². The standard InChI is InChI=1S/C42H84N4O18P6/c1-37(2)19-53-65(47,54-20-37)31-44(32-66(48)55-21-38(3,4)22-56-66)16-13-43(14-17-45(33-67(49)57-23-39(5,6)24-58-67)34-68(50)59-25-40(7,8)26-60-68)15-18-46(35-69(51)61-27-41(9,10)28-62-69)36-70(52)63-29-42(11,12)30-64-70/h13-36H2,1-12H3. The van der Waals surface area contributed by atoms with Gasteiger partial charge >= 0.3 is 45.6 Å². The van der Waals surface area contributed by atoms with Gasteiger partial charge in [-0.2, -0.15) is 0 Å². The minimum Gasteiger partial charge on any atom is -0.307 e. The van der Waals surface area contributed by atoms with Crippen LogP contribution < -0.4 is 0 Å². The summed E-state index contributed by atoms with van der Waals surface area (Å²) in [5.41, 5.74) is -2.20. The molecule has 6 aliphatic heterocycles. The number of hydrogen-bond acceptors (Lipinski definition) is 22. The van der Waals surface area contributed by atoms with Crippen LogP contribution >= 0.6 is 45.6 Å². The second kappa shape index (κ2) is 22.6. The average Bonchev–Trinajstić information content (AvgIpc) is 3.25. The summed E-state index contributed by atoms with van der Waals surface area (Å²) in [6, 6.07) is 0. The highest BCUT2D eigenvalue weighted by Gasteiger charge is 2.46. The largest absolute Gasteiger partial charge is 0.344 e. The van der Waals surface area contributed by atoms with Gasteiger partial charge in [0.25, 0.3) is 0 Å². The van der Waals surface area contributed by atoms with Crippen molar-refractivity contribution in [1.29, 1.82) is 0 Å². The van der Waals surface area contributed by atoms with Gasteiger partial charge in [0.1, 0.15) is 37.7 Å². The monoisotopic (exact) mass is 1120 g/mol. The SMILES string of the molecule is CC1(C)COP(=O)(CN(CCN(CCN(CP2(=O)OCC(C)(C)CO2)CP2(=O)OCC(C)(C)CO2)CCN(CP2(=O)OCC(C)(C)CO2)CP2(=O)OCC(C)(C)CO2)CP2(=O)OCC(C)(C)CO2)OC1. The maximum atomic E-state index is 14.2. The average molecular weight is 1120 g/mol. The molecule has 0 aromatic heterocycles. The summed E-state index contributed by atoms with van der Waals surface area (Å²) >= 11 is 0. The Kier molecular flexibility index (Phi) is 19.4.